The Balaban J connectivity index is 4.69. The summed E-state index contributed by atoms with van der Waals surface area (Å²) < 4.78 is 60.5. The van der Waals surface area contributed by atoms with E-state index in [0.29, 0.717) is 19.3 Å². The van der Waals surface area contributed by atoms with Gasteiger partial charge in [0.1, 0.15) is 25.4 Å². The van der Waals surface area contributed by atoms with Crippen LogP contribution >= 0.6 is 15.6 Å². The Bertz CT molecular complexity index is 1620. The minimum Gasteiger partial charge on any atom is -0.463 e. The molecule has 0 fully saturated rings. The first kappa shape index (κ1) is 74.5. The third kappa shape index (κ3) is 55.2. The van der Waals surface area contributed by atoms with Crippen molar-refractivity contribution in [3.8, 4) is 0 Å². The van der Waals surface area contributed by atoms with Crippen molar-refractivity contribution < 1.29 is 75.8 Å². The van der Waals surface area contributed by atoms with Crippen LogP contribution in [0.3, 0.4) is 0 Å². The predicted octanol–water partition coefficient (Wildman–Crippen LogP) is 15.3. The van der Waals surface area contributed by atoms with Gasteiger partial charge >= 0.3 is 33.6 Å². The Morgan fingerprint density at radius 2 is 0.675 bits per heavy atom. The zero-order chi connectivity index (χ0) is 56.8. The second kappa shape index (κ2) is 54.1. The Labute approximate surface area is 466 Å². The first-order valence-electron chi connectivity index (χ1n) is 29.9. The highest BCUT2D eigenvalue weighted by Gasteiger charge is 2.29. The summed E-state index contributed by atoms with van der Waals surface area (Å²) in [5, 5.41) is 20.4. The molecule has 77 heavy (non-hydrogen) atoms. The van der Waals surface area contributed by atoms with E-state index >= 15 is 0 Å². The van der Waals surface area contributed by atoms with E-state index in [1.807, 2.05) is 0 Å². The largest absolute Gasteiger partial charge is 0.472 e. The van der Waals surface area contributed by atoms with Crippen LogP contribution in [-0.2, 0) is 55.8 Å². The molecule has 0 aromatic carbocycles. The van der Waals surface area contributed by atoms with Gasteiger partial charge in [-0.25, -0.2) is 9.13 Å². The van der Waals surface area contributed by atoms with Crippen molar-refractivity contribution in [2.45, 2.75) is 270 Å². The van der Waals surface area contributed by atoms with Gasteiger partial charge in [-0.1, -0.05) is 204 Å². The maximum atomic E-state index is 12.8. The maximum Gasteiger partial charge on any atom is 0.472 e. The summed E-state index contributed by atoms with van der Waals surface area (Å²) in [5.41, 5.74) is 0. The molecule has 5 atom stereocenters. The van der Waals surface area contributed by atoms with Crippen LogP contribution in [0.15, 0.2) is 48.6 Å². The number of carbonyl (C=O) groups is 3. The average Bonchev–Trinajstić information content (AvgIpc) is 3.40. The van der Waals surface area contributed by atoms with Crippen LogP contribution in [0.25, 0.3) is 0 Å². The summed E-state index contributed by atoms with van der Waals surface area (Å²) in [6.45, 7) is 2.54. The Hall–Kier alpha value is -2.49. The minimum absolute atomic E-state index is 0.107. The average molecular weight is 1140 g/mol. The normalized spacial score (nSPS) is 14.8. The van der Waals surface area contributed by atoms with Gasteiger partial charge in [-0.05, 0) is 77.0 Å². The molecular formula is C59H108O16P2. The third-order valence-corrected chi connectivity index (χ3v) is 14.4. The number of unbranched alkanes of at least 4 members (excludes halogenated alkanes) is 26. The molecule has 0 saturated carbocycles. The molecule has 0 amide bonds. The number of allylic oxidation sites excluding steroid dienone is 8. The summed E-state index contributed by atoms with van der Waals surface area (Å²) in [7, 11) is -9.75. The zero-order valence-corrected chi connectivity index (χ0v) is 49.9. The molecule has 5 unspecified atom stereocenters. The molecule has 0 radical (unpaired) electrons. The van der Waals surface area contributed by atoms with E-state index in [9.17, 15) is 43.5 Å². The van der Waals surface area contributed by atoms with Crippen LogP contribution < -0.4 is 0 Å². The van der Waals surface area contributed by atoms with Crippen LogP contribution in [0.5, 0.6) is 0 Å². The van der Waals surface area contributed by atoms with Crippen molar-refractivity contribution in [2.24, 2.45) is 0 Å². The highest BCUT2D eigenvalue weighted by Crippen LogP contribution is 2.45. The van der Waals surface area contributed by atoms with Gasteiger partial charge in [0.15, 0.2) is 6.10 Å². The van der Waals surface area contributed by atoms with E-state index in [-0.39, 0.29) is 19.3 Å². The van der Waals surface area contributed by atoms with E-state index in [1.54, 1.807) is 0 Å². The summed E-state index contributed by atoms with van der Waals surface area (Å²) >= 11 is 0. The van der Waals surface area contributed by atoms with E-state index < -0.39 is 91.5 Å². The van der Waals surface area contributed by atoms with Gasteiger partial charge in [0.2, 0.25) is 0 Å². The SMILES string of the molecule is CCC/C=C\C/C=C\CCCCCCCC(=O)OCC(COP(=O)(O)OCC(O)COP(=O)(O)OCC(O)COC(=O)CCCCCCC/C=C\C/C=C\CCCCC)OC(=O)CCCCCCCCCCCCCCC. The van der Waals surface area contributed by atoms with Crippen LogP contribution in [0, 0.1) is 0 Å². The monoisotopic (exact) mass is 1130 g/mol. The molecule has 0 aliphatic heterocycles. The van der Waals surface area contributed by atoms with Gasteiger partial charge in [0.25, 0.3) is 0 Å². The van der Waals surface area contributed by atoms with Crippen LogP contribution in [0.4, 0.5) is 0 Å². The number of phosphoric acid groups is 2. The van der Waals surface area contributed by atoms with Crippen LogP contribution in [0.2, 0.25) is 0 Å². The van der Waals surface area contributed by atoms with Gasteiger partial charge in [-0.15, -0.1) is 0 Å². The lowest BCUT2D eigenvalue weighted by atomic mass is 10.0. The molecule has 0 bridgehead atoms. The van der Waals surface area contributed by atoms with Crippen LogP contribution in [0.1, 0.15) is 252 Å². The lowest BCUT2D eigenvalue weighted by Crippen LogP contribution is -2.30. The second-order valence-corrected chi connectivity index (χ2v) is 23.1. The first-order chi connectivity index (χ1) is 37.2. The highest BCUT2D eigenvalue weighted by atomic mass is 31.2. The third-order valence-electron chi connectivity index (χ3n) is 12.5. The van der Waals surface area contributed by atoms with Crippen molar-refractivity contribution in [1.82, 2.24) is 0 Å². The quantitative estimate of drug-likeness (QED) is 0.0146. The fourth-order valence-electron chi connectivity index (χ4n) is 7.87. The smallest absolute Gasteiger partial charge is 0.463 e. The number of hydrogen-bond acceptors (Lipinski definition) is 14. The van der Waals surface area contributed by atoms with E-state index in [0.717, 1.165) is 122 Å². The molecule has 0 spiro atoms. The van der Waals surface area contributed by atoms with Gasteiger partial charge in [0, 0.05) is 19.3 Å². The maximum absolute atomic E-state index is 12.8. The lowest BCUT2D eigenvalue weighted by Gasteiger charge is -2.21. The Kier molecular flexibility index (Phi) is 52.4. The summed E-state index contributed by atoms with van der Waals surface area (Å²) in [4.78, 5) is 58.0. The zero-order valence-electron chi connectivity index (χ0n) is 48.1. The van der Waals surface area contributed by atoms with E-state index in [2.05, 4.69) is 69.4 Å². The Morgan fingerprint density at radius 1 is 0.364 bits per heavy atom. The van der Waals surface area contributed by atoms with Gasteiger partial charge < -0.3 is 34.2 Å². The van der Waals surface area contributed by atoms with E-state index in [4.69, 9.17) is 32.3 Å². The van der Waals surface area contributed by atoms with Gasteiger partial charge in [-0.2, -0.15) is 0 Å². The number of rotatable bonds is 57. The fraction of sp³-hybridized carbons (Fsp3) is 0.814. The summed E-state index contributed by atoms with van der Waals surface area (Å²) in [6, 6.07) is 0. The minimum atomic E-state index is -4.91. The number of esters is 3. The fourth-order valence-corrected chi connectivity index (χ4v) is 9.46. The van der Waals surface area contributed by atoms with Crippen molar-refractivity contribution in [2.75, 3.05) is 39.6 Å². The summed E-state index contributed by atoms with van der Waals surface area (Å²) in [6.07, 6.45) is 48.9. The molecule has 450 valence electrons. The van der Waals surface area contributed by atoms with Gasteiger partial charge in [0.05, 0.1) is 26.4 Å². The number of aliphatic hydroxyl groups is 2. The predicted molar refractivity (Wildman–Crippen MR) is 307 cm³/mol. The van der Waals surface area contributed by atoms with E-state index in [1.165, 1.54) is 70.6 Å². The topological polar surface area (TPSA) is 231 Å². The molecule has 0 aromatic heterocycles. The van der Waals surface area contributed by atoms with Crippen molar-refractivity contribution in [1.29, 1.82) is 0 Å². The number of ether oxygens (including phenoxy) is 3. The molecular weight excluding hydrogens is 1030 g/mol. The number of aliphatic hydroxyl groups excluding tert-OH is 2. The molecule has 0 aromatic rings. The molecule has 0 heterocycles. The highest BCUT2D eigenvalue weighted by molar-refractivity contribution is 7.47. The first-order valence-corrected chi connectivity index (χ1v) is 32.9. The van der Waals surface area contributed by atoms with Crippen molar-refractivity contribution >= 4 is 33.6 Å². The number of carbonyl (C=O) groups excluding carboxylic acids is 3. The lowest BCUT2D eigenvalue weighted by molar-refractivity contribution is -0.161. The van der Waals surface area contributed by atoms with Crippen molar-refractivity contribution in [3.63, 3.8) is 0 Å². The molecule has 18 heteroatoms. The number of hydrogen-bond donors (Lipinski definition) is 4. The standard InChI is InChI=1S/C59H108O16P2/c1-4-7-10-13-16-19-22-25-26-29-31-33-36-39-42-45-57(62)69-48-54(60)49-71-76(65,66)72-50-55(61)51-73-77(67,68)74-53-56(75-59(64)47-44-41-38-35-32-28-24-21-18-15-12-9-6-3)52-70-58(63)46-43-40-37-34-30-27-23-20-17-14-11-8-5-2/h11,14,16,19-20,23,25-26,54-56,60-61H,4-10,12-13,15,17-18,21-22,24,27-53H2,1-3H3,(H,65,66)(H,67,68)/b14-11-,19-16-,23-20-,26-25-. The number of phosphoric ester groups is 2. The van der Waals surface area contributed by atoms with Crippen molar-refractivity contribution in [3.05, 3.63) is 48.6 Å². The molecule has 0 rings (SSSR count). The molecule has 0 aliphatic rings. The molecule has 4 N–H and O–H groups in total. The summed E-state index contributed by atoms with van der Waals surface area (Å²) in [5.74, 6) is -1.59. The molecule has 16 nitrogen and oxygen atoms in total. The second-order valence-electron chi connectivity index (χ2n) is 20.2. The van der Waals surface area contributed by atoms with Crippen LogP contribution in [-0.4, -0.2) is 95.9 Å². The van der Waals surface area contributed by atoms with Gasteiger partial charge in [-0.3, -0.25) is 32.5 Å². The molecule has 0 aliphatic carbocycles. The Morgan fingerprint density at radius 3 is 1.09 bits per heavy atom. The molecule has 0 saturated heterocycles.